The molecule has 4 rings (SSSR count). The molecule has 1 fully saturated rings. The van der Waals surface area contributed by atoms with Gasteiger partial charge in [-0.3, -0.25) is 9.69 Å². The summed E-state index contributed by atoms with van der Waals surface area (Å²) in [5.41, 5.74) is 2.54. The Hall–Kier alpha value is -3.42. The van der Waals surface area contributed by atoms with Crippen molar-refractivity contribution in [2.24, 2.45) is 0 Å². The van der Waals surface area contributed by atoms with Crippen molar-refractivity contribution in [1.29, 1.82) is 0 Å². The third-order valence-electron chi connectivity index (χ3n) is 5.13. The molecule has 1 heterocycles. The van der Waals surface area contributed by atoms with Gasteiger partial charge >= 0.3 is 0 Å². The van der Waals surface area contributed by atoms with Crippen LogP contribution in [0.1, 0.15) is 11.1 Å². The fourth-order valence-corrected chi connectivity index (χ4v) is 3.98. The van der Waals surface area contributed by atoms with Crippen molar-refractivity contribution in [3.8, 4) is 11.5 Å². The van der Waals surface area contributed by atoms with Crippen molar-refractivity contribution in [2.75, 3.05) is 19.1 Å². The van der Waals surface area contributed by atoms with Gasteiger partial charge in [0.15, 0.2) is 16.6 Å². The molecule has 1 amide bonds. The van der Waals surface area contributed by atoms with Crippen LogP contribution >= 0.6 is 23.8 Å². The van der Waals surface area contributed by atoms with Crippen molar-refractivity contribution in [1.82, 2.24) is 4.90 Å². The first kappa shape index (κ1) is 22.8. The number of ether oxygens (including phenoxy) is 2. The molecular formula is C25H20ClFN2O3S. The number of anilines is 1. The van der Waals surface area contributed by atoms with E-state index in [-0.39, 0.29) is 18.3 Å². The van der Waals surface area contributed by atoms with E-state index in [4.69, 9.17) is 33.3 Å². The number of thiocarbonyl (C=S) groups is 1. The van der Waals surface area contributed by atoms with Crippen molar-refractivity contribution in [3.63, 3.8) is 0 Å². The van der Waals surface area contributed by atoms with E-state index in [0.717, 1.165) is 5.56 Å². The van der Waals surface area contributed by atoms with Crippen molar-refractivity contribution < 1.29 is 18.7 Å². The smallest absolute Gasteiger partial charge is 0.281 e. The summed E-state index contributed by atoms with van der Waals surface area (Å²) < 4.78 is 24.4. The zero-order chi connectivity index (χ0) is 23.5. The number of hydrogen-bond acceptors (Lipinski definition) is 4. The minimum absolute atomic E-state index is 0.193. The Bertz CT molecular complexity index is 1230. The predicted octanol–water partition coefficient (Wildman–Crippen LogP) is 5.67. The molecule has 0 unspecified atom stereocenters. The summed E-state index contributed by atoms with van der Waals surface area (Å²) in [4.78, 5) is 16.3. The maximum absolute atomic E-state index is 13.1. The third-order valence-corrected chi connectivity index (χ3v) is 5.86. The number of benzene rings is 3. The van der Waals surface area contributed by atoms with E-state index in [1.54, 1.807) is 42.3 Å². The van der Waals surface area contributed by atoms with Gasteiger partial charge in [-0.1, -0.05) is 41.9 Å². The SMILES string of the molecule is COc1cc(C=C2C(=O)N(c3ccccc3)C(=S)N2C)cc(Cl)c1OCc1ccc(F)cc1. The van der Waals surface area contributed by atoms with Crippen LogP contribution in [0, 0.1) is 5.82 Å². The van der Waals surface area contributed by atoms with Gasteiger partial charge in [-0.05, 0) is 65.8 Å². The van der Waals surface area contributed by atoms with Gasteiger partial charge in [-0.15, -0.1) is 0 Å². The van der Waals surface area contributed by atoms with E-state index >= 15 is 0 Å². The number of halogens is 2. The van der Waals surface area contributed by atoms with Gasteiger partial charge in [0.2, 0.25) is 0 Å². The molecule has 0 saturated carbocycles. The molecule has 0 atom stereocenters. The Morgan fingerprint density at radius 3 is 2.45 bits per heavy atom. The maximum atomic E-state index is 13.1. The fraction of sp³-hybridized carbons (Fsp3) is 0.120. The number of nitrogens with zero attached hydrogens (tertiary/aromatic N) is 2. The molecule has 0 aliphatic carbocycles. The van der Waals surface area contributed by atoms with E-state index in [1.165, 1.54) is 24.1 Å². The average Bonchev–Trinajstić information content (AvgIpc) is 3.02. The molecule has 5 nitrogen and oxygen atoms in total. The molecule has 0 aromatic heterocycles. The molecule has 33 heavy (non-hydrogen) atoms. The minimum Gasteiger partial charge on any atom is -0.493 e. The van der Waals surface area contributed by atoms with Crippen LogP contribution in [-0.4, -0.2) is 30.1 Å². The number of rotatable bonds is 6. The van der Waals surface area contributed by atoms with Crippen LogP contribution in [0.4, 0.5) is 10.1 Å². The Balaban J connectivity index is 1.61. The molecule has 168 valence electrons. The first-order valence-corrected chi connectivity index (χ1v) is 10.8. The maximum Gasteiger partial charge on any atom is 0.281 e. The van der Waals surface area contributed by atoms with Gasteiger partial charge < -0.3 is 14.4 Å². The van der Waals surface area contributed by atoms with Crippen LogP contribution in [0.5, 0.6) is 11.5 Å². The standard InChI is InChI=1S/C25H20ClFN2O3S/c1-28-21(24(30)29(25(28)33)19-6-4-3-5-7-19)13-17-12-20(26)23(22(14-17)31-2)32-15-16-8-10-18(27)11-9-16/h3-14H,15H2,1-2H3. The number of amides is 1. The number of para-hydroxylation sites is 1. The minimum atomic E-state index is -0.316. The van der Waals surface area contributed by atoms with Crippen molar-refractivity contribution >= 4 is 46.6 Å². The summed E-state index contributed by atoms with van der Waals surface area (Å²) in [5, 5.41) is 0.702. The lowest BCUT2D eigenvalue weighted by Gasteiger charge is -2.16. The monoisotopic (exact) mass is 482 g/mol. The lowest BCUT2D eigenvalue weighted by Crippen LogP contribution is -2.30. The zero-order valence-electron chi connectivity index (χ0n) is 17.9. The average molecular weight is 483 g/mol. The molecule has 0 bridgehead atoms. The summed E-state index contributed by atoms with van der Waals surface area (Å²) in [7, 11) is 3.25. The second-order valence-electron chi connectivity index (χ2n) is 7.30. The highest BCUT2D eigenvalue weighted by molar-refractivity contribution is 7.80. The van der Waals surface area contributed by atoms with E-state index in [9.17, 15) is 9.18 Å². The number of likely N-dealkylation sites (N-methyl/N-ethyl adjacent to an activating group) is 1. The van der Waals surface area contributed by atoms with Crippen molar-refractivity contribution in [2.45, 2.75) is 6.61 Å². The van der Waals surface area contributed by atoms with Gasteiger partial charge in [0.1, 0.15) is 18.1 Å². The summed E-state index contributed by atoms with van der Waals surface area (Å²) in [6, 6.07) is 18.7. The number of methoxy groups -OCH3 is 1. The van der Waals surface area contributed by atoms with Crippen molar-refractivity contribution in [3.05, 3.63) is 94.4 Å². The zero-order valence-corrected chi connectivity index (χ0v) is 19.5. The molecule has 8 heteroatoms. The van der Waals surface area contributed by atoms with E-state index in [0.29, 0.717) is 38.6 Å². The molecule has 3 aromatic carbocycles. The van der Waals surface area contributed by atoms with E-state index in [2.05, 4.69) is 0 Å². The summed E-state index contributed by atoms with van der Waals surface area (Å²) in [5.74, 6) is 0.217. The lowest BCUT2D eigenvalue weighted by atomic mass is 10.1. The molecule has 0 N–H and O–H groups in total. The Morgan fingerprint density at radius 2 is 1.79 bits per heavy atom. The fourth-order valence-electron chi connectivity index (χ4n) is 3.42. The topological polar surface area (TPSA) is 42.0 Å². The highest BCUT2D eigenvalue weighted by Crippen LogP contribution is 2.38. The molecule has 1 saturated heterocycles. The number of hydrogen-bond donors (Lipinski definition) is 0. The lowest BCUT2D eigenvalue weighted by molar-refractivity contribution is -0.114. The summed E-state index contributed by atoms with van der Waals surface area (Å²) >= 11 is 12.0. The van der Waals surface area contributed by atoms with Gasteiger partial charge in [-0.2, -0.15) is 0 Å². The highest BCUT2D eigenvalue weighted by Gasteiger charge is 2.36. The van der Waals surface area contributed by atoms with Crippen LogP contribution in [0.2, 0.25) is 5.02 Å². The number of carbonyl (C=O) groups is 1. The Morgan fingerprint density at radius 1 is 1.09 bits per heavy atom. The second kappa shape index (κ2) is 9.60. The predicted molar refractivity (Wildman–Crippen MR) is 131 cm³/mol. The van der Waals surface area contributed by atoms with E-state index < -0.39 is 0 Å². The van der Waals surface area contributed by atoms with Crippen LogP contribution < -0.4 is 14.4 Å². The quantitative estimate of drug-likeness (QED) is 0.334. The second-order valence-corrected chi connectivity index (χ2v) is 8.07. The van der Waals surface area contributed by atoms with Crippen LogP contribution in [0.15, 0.2) is 72.4 Å². The Labute approximate surface area is 201 Å². The normalized spacial score (nSPS) is 14.8. The summed E-state index contributed by atoms with van der Waals surface area (Å²) in [6.45, 7) is 0.193. The Kier molecular flexibility index (Phi) is 6.62. The largest absolute Gasteiger partial charge is 0.493 e. The molecule has 3 aromatic rings. The molecule has 0 radical (unpaired) electrons. The molecule has 0 spiro atoms. The van der Waals surface area contributed by atoms with Crippen LogP contribution in [0.3, 0.4) is 0 Å². The molecular weight excluding hydrogens is 463 g/mol. The van der Waals surface area contributed by atoms with Gasteiger partial charge in [-0.25, -0.2) is 4.39 Å². The van der Waals surface area contributed by atoms with Crippen LogP contribution in [0.25, 0.3) is 6.08 Å². The first-order valence-electron chi connectivity index (χ1n) is 10.0. The molecule has 1 aliphatic rings. The van der Waals surface area contributed by atoms with Gasteiger partial charge in [0, 0.05) is 7.05 Å². The molecule has 1 aliphatic heterocycles. The number of carbonyl (C=O) groups excluding carboxylic acids is 1. The van der Waals surface area contributed by atoms with E-state index in [1.807, 2.05) is 30.3 Å². The third kappa shape index (κ3) is 4.69. The van der Waals surface area contributed by atoms with Gasteiger partial charge in [0.25, 0.3) is 5.91 Å². The van der Waals surface area contributed by atoms with Crippen LogP contribution in [-0.2, 0) is 11.4 Å². The van der Waals surface area contributed by atoms with Gasteiger partial charge in [0.05, 0.1) is 17.8 Å². The highest BCUT2D eigenvalue weighted by atomic mass is 35.5. The first-order chi connectivity index (χ1) is 15.9. The summed E-state index contributed by atoms with van der Waals surface area (Å²) in [6.07, 6.45) is 1.70.